The molecule has 0 aliphatic carbocycles. The third kappa shape index (κ3) is 22.2. The molecule has 12 heteroatoms. The number of para-hydroxylation sites is 6. The minimum Gasteiger partial charge on any atom is -0.656 e. The van der Waals surface area contributed by atoms with Crippen molar-refractivity contribution in [3.05, 3.63) is 397 Å². The molecule has 0 bridgehead atoms. The molecule has 21 aromatic rings. The van der Waals surface area contributed by atoms with Crippen LogP contribution in [-0.4, -0.2) is 29.9 Å². The Balaban J connectivity index is 0.000000153. The zero-order chi connectivity index (χ0) is 98.3. The molecular formula is C131H121N9Pt3. The largest absolute Gasteiger partial charge is 2.00 e. The second kappa shape index (κ2) is 40.7. The van der Waals surface area contributed by atoms with E-state index >= 15 is 0 Å². The average Bonchev–Trinajstić information content (AvgIpc) is 1.47. The monoisotopic (exact) mass is 2400 g/mol. The number of aryl methyl sites for hydroxylation is 1. The minimum absolute atomic E-state index is 0. The fourth-order valence-electron chi connectivity index (χ4n) is 18.4. The van der Waals surface area contributed by atoms with Crippen molar-refractivity contribution < 1.29 is 63.2 Å². The maximum Gasteiger partial charge on any atom is 2.00 e. The van der Waals surface area contributed by atoms with Gasteiger partial charge in [0, 0.05) is 52.8 Å². The molecule has 720 valence electrons. The molecule has 21 rings (SSSR count). The number of hydrogen-bond acceptors (Lipinski definition) is 6. The summed E-state index contributed by atoms with van der Waals surface area (Å²) in [7, 11) is 0. The zero-order valence-electron chi connectivity index (χ0n) is 85.7. The molecule has 9 aromatic heterocycles. The summed E-state index contributed by atoms with van der Waals surface area (Å²) in [6.45, 7) is 49.8. The predicted molar refractivity (Wildman–Crippen MR) is 588 cm³/mol. The van der Waals surface area contributed by atoms with Crippen LogP contribution in [0.2, 0.25) is 0 Å². The summed E-state index contributed by atoms with van der Waals surface area (Å²) in [5.74, 6) is 0. The van der Waals surface area contributed by atoms with Crippen LogP contribution in [0, 0.1) is 25.1 Å². The van der Waals surface area contributed by atoms with Crippen molar-refractivity contribution in [2.75, 3.05) is 0 Å². The Hall–Kier alpha value is -13.0. The van der Waals surface area contributed by atoms with Gasteiger partial charge < -0.3 is 15.0 Å². The van der Waals surface area contributed by atoms with Crippen LogP contribution in [-0.2, 0) is 101 Å². The van der Waals surface area contributed by atoms with Gasteiger partial charge in [0.05, 0.1) is 17.1 Å². The Kier molecular flexibility index (Phi) is 29.3. The summed E-state index contributed by atoms with van der Waals surface area (Å²) in [5, 5.41) is 6.92. The summed E-state index contributed by atoms with van der Waals surface area (Å²) in [6, 6.07) is 123. The van der Waals surface area contributed by atoms with Gasteiger partial charge in [-0.15, -0.1) is 106 Å². The van der Waals surface area contributed by atoms with Crippen LogP contribution in [0.4, 0.5) is 0 Å². The average molecular weight is 2410 g/mol. The third-order valence-corrected chi connectivity index (χ3v) is 26.9. The Morgan fingerprint density at radius 2 is 0.455 bits per heavy atom. The minimum atomic E-state index is -0.00272. The second-order valence-electron chi connectivity index (χ2n) is 44.8. The maximum atomic E-state index is 5.35. The van der Waals surface area contributed by atoms with Gasteiger partial charge in [0.25, 0.3) is 0 Å². The van der Waals surface area contributed by atoms with Crippen LogP contribution in [0.1, 0.15) is 190 Å². The predicted octanol–water partition coefficient (Wildman–Crippen LogP) is 34.0. The first kappa shape index (κ1) is 103. The van der Waals surface area contributed by atoms with Crippen molar-refractivity contribution in [2.24, 2.45) is 0 Å². The van der Waals surface area contributed by atoms with E-state index in [0.29, 0.717) is 0 Å². The quantitative estimate of drug-likeness (QED) is 0.110. The summed E-state index contributed by atoms with van der Waals surface area (Å²) >= 11 is 0. The number of fused-ring (bicyclic) bond motifs is 9. The van der Waals surface area contributed by atoms with Gasteiger partial charge in [-0.25, -0.2) is 0 Å². The number of nitrogens with zero attached hydrogens (tertiary/aromatic N) is 9. The molecule has 9 heterocycles. The van der Waals surface area contributed by atoms with Crippen LogP contribution < -0.4 is 15.0 Å². The van der Waals surface area contributed by atoms with Crippen molar-refractivity contribution in [1.29, 1.82) is 0 Å². The standard InChI is InChI=1S/C46H45N3.C43H39N3.C42H37N3.3Pt/c1-44(2,3)33-20-21-39(47-28-33)29-14-12-15-30(22-29)41-25-32(31-23-34(45(4,5)6)27-35(24-31)46(7,8)9)26-42(48-41)38-18-13-17-37-36-16-10-11-19-40(36)49-43(37)38;1-27-18-19-37(44-26-27)28-12-10-13-29(20-28)39-23-31(30-21-32(42(2,3)4)25-33(22-30)43(5,6)7)24-40(45-39)36-16-11-15-35-34-14-8-9-17-38(34)46-41(35)36;1-41(2,3)31-22-29(23-32(26-31)42(4,5)6)30-24-38(28-14-11-13-27(21-28)36-18-9-10-20-43-36)44-39(25-30)35-17-12-16-34-33-15-7-8-19-37(33)45-40(34)35;;;/h10-21,23-28H,1-9H3;8-19,21-26H,1-7H3;7-20,22-26H,1-6H3;;;/q3*-2;3*+2. The summed E-state index contributed by atoms with van der Waals surface area (Å²) < 4.78 is 0. The van der Waals surface area contributed by atoms with Gasteiger partial charge in [0.2, 0.25) is 0 Å². The second-order valence-corrected chi connectivity index (χ2v) is 44.8. The zero-order valence-corrected chi connectivity index (χ0v) is 92.5. The summed E-state index contributed by atoms with van der Waals surface area (Å²) in [5.41, 5.74) is 39.8. The molecule has 0 aliphatic rings. The molecule has 0 saturated carbocycles. The molecule has 0 aliphatic heterocycles. The maximum absolute atomic E-state index is 5.35. The summed E-state index contributed by atoms with van der Waals surface area (Å²) in [6.07, 6.45) is 5.71. The fraction of sp³-hybridized carbons (Fsp3) is 0.221. The van der Waals surface area contributed by atoms with E-state index in [0.717, 1.165) is 189 Å². The van der Waals surface area contributed by atoms with E-state index in [-0.39, 0.29) is 101 Å². The molecule has 0 unspecified atom stereocenters. The normalized spacial score (nSPS) is 12.1. The SMILES string of the molecule is CC(C)(C)c1cc(-c2cc(-c3[c-]c(-c4ccccn4)ccc3)nc(-c3cccc4c3[n-]c3ccccc34)c2)cc(C(C)(C)C)c1.CC(C)(C)c1ccc(-c2[c-]c(-c3cc(-c4cc(C(C)(C)C)cc(C(C)(C)C)c4)cc(-c4cccc5c4[n-]c4ccccc45)n3)ccc2)nc1.Cc1ccc(-c2[c-]c(-c3cc(-c4cc(C(C)(C)C)cc(C(C)(C)C)c4)cc(-c4cccc5c4[n-]c4ccccc45)n3)ccc2)nc1.[Pt+2].[Pt+2].[Pt+2]. The Labute approximate surface area is 887 Å². The smallest absolute Gasteiger partial charge is 0.656 e. The molecule has 0 fully saturated rings. The number of pyridine rings is 6. The van der Waals surface area contributed by atoms with Crippen LogP contribution in [0.15, 0.2) is 334 Å². The Morgan fingerprint density at radius 3 is 0.727 bits per heavy atom. The van der Waals surface area contributed by atoms with Crippen LogP contribution in [0.3, 0.4) is 0 Å². The van der Waals surface area contributed by atoms with E-state index in [4.69, 9.17) is 34.9 Å². The first-order valence-corrected chi connectivity index (χ1v) is 48.9. The summed E-state index contributed by atoms with van der Waals surface area (Å²) in [4.78, 5) is 45.4. The van der Waals surface area contributed by atoms with Gasteiger partial charge in [-0.1, -0.05) is 415 Å². The van der Waals surface area contributed by atoms with Crippen molar-refractivity contribution in [3.8, 4) is 135 Å². The first-order chi connectivity index (χ1) is 66.6. The molecule has 9 nitrogen and oxygen atoms in total. The molecule has 12 aromatic carbocycles. The molecule has 0 atom stereocenters. The Morgan fingerprint density at radius 1 is 0.203 bits per heavy atom. The number of rotatable bonds is 12. The third-order valence-electron chi connectivity index (χ3n) is 26.9. The molecule has 0 radical (unpaired) electrons. The first-order valence-electron chi connectivity index (χ1n) is 48.9. The van der Waals surface area contributed by atoms with Crippen LogP contribution >= 0.6 is 0 Å². The van der Waals surface area contributed by atoms with E-state index in [9.17, 15) is 0 Å². The van der Waals surface area contributed by atoms with Crippen LogP contribution in [0.25, 0.3) is 200 Å². The van der Waals surface area contributed by atoms with Gasteiger partial charge in [-0.05, 0) is 196 Å². The topological polar surface area (TPSA) is 120 Å². The molecular weight excluding hydrogens is 2280 g/mol. The van der Waals surface area contributed by atoms with Crippen molar-refractivity contribution in [2.45, 2.75) is 190 Å². The van der Waals surface area contributed by atoms with Crippen LogP contribution in [0.5, 0.6) is 0 Å². The van der Waals surface area contributed by atoms with Crippen molar-refractivity contribution >= 4 is 65.4 Å². The van der Waals surface area contributed by atoms with E-state index in [2.05, 4.69) is 460 Å². The van der Waals surface area contributed by atoms with Gasteiger partial charge in [0.15, 0.2) is 0 Å². The van der Waals surface area contributed by atoms with Gasteiger partial charge in [-0.2, -0.15) is 0 Å². The van der Waals surface area contributed by atoms with Gasteiger partial charge >= 0.3 is 63.2 Å². The number of hydrogen-bond donors (Lipinski definition) is 0. The van der Waals surface area contributed by atoms with Crippen molar-refractivity contribution in [1.82, 2.24) is 44.9 Å². The van der Waals surface area contributed by atoms with E-state index in [1.165, 1.54) is 55.6 Å². The van der Waals surface area contributed by atoms with E-state index in [1.54, 1.807) is 0 Å². The molecule has 0 spiro atoms. The van der Waals surface area contributed by atoms with Crippen molar-refractivity contribution in [3.63, 3.8) is 0 Å². The molecule has 0 N–H and O–H groups in total. The Bertz CT molecular complexity index is 8170. The van der Waals surface area contributed by atoms with Gasteiger partial charge in [0.1, 0.15) is 0 Å². The molecule has 143 heavy (non-hydrogen) atoms. The van der Waals surface area contributed by atoms with E-state index in [1.807, 2.05) is 55.0 Å². The fourth-order valence-corrected chi connectivity index (χ4v) is 18.4. The van der Waals surface area contributed by atoms with E-state index < -0.39 is 0 Å². The van der Waals surface area contributed by atoms with Gasteiger partial charge in [-0.3, -0.25) is 29.9 Å². The molecule has 0 amide bonds. The number of benzene rings is 12. The number of aromatic nitrogens is 9. The molecule has 0 saturated heterocycles.